The summed E-state index contributed by atoms with van der Waals surface area (Å²) in [6.45, 7) is 13.0. The van der Waals surface area contributed by atoms with E-state index in [1.165, 1.54) is 5.56 Å². The van der Waals surface area contributed by atoms with Gasteiger partial charge in [-0.1, -0.05) is 30.3 Å². The molecule has 2 saturated heterocycles. The van der Waals surface area contributed by atoms with Crippen LogP contribution in [0.25, 0.3) is 0 Å². The Labute approximate surface area is 145 Å². The molecule has 0 radical (unpaired) electrons. The lowest BCUT2D eigenvalue weighted by molar-refractivity contribution is 0.00397. The lowest BCUT2D eigenvalue weighted by atomic mass is 9.90. The van der Waals surface area contributed by atoms with Crippen molar-refractivity contribution in [3.63, 3.8) is 0 Å². The molecule has 132 valence electrons. The molecule has 2 heterocycles. The van der Waals surface area contributed by atoms with Crippen LogP contribution in [0.15, 0.2) is 30.3 Å². The van der Waals surface area contributed by atoms with E-state index in [2.05, 4.69) is 49.1 Å². The summed E-state index contributed by atoms with van der Waals surface area (Å²) < 4.78 is 5.64. The first kappa shape index (κ1) is 17.3. The van der Waals surface area contributed by atoms with Crippen molar-refractivity contribution in [2.45, 2.75) is 64.8 Å². The molecule has 2 atom stereocenters. The quantitative estimate of drug-likeness (QED) is 0.824. The summed E-state index contributed by atoms with van der Waals surface area (Å²) in [5, 5.41) is 0. The van der Waals surface area contributed by atoms with Crippen LogP contribution >= 0.6 is 0 Å². The number of rotatable bonds is 2. The predicted octanol–water partition coefficient (Wildman–Crippen LogP) is 3.91. The van der Waals surface area contributed by atoms with Gasteiger partial charge in [0.2, 0.25) is 0 Å². The summed E-state index contributed by atoms with van der Waals surface area (Å²) in [7, 11) is 0. The number of carbonyl (C=O) groups is 1. The van der Waals surface area contributed by atoms with Crippen LogP contribution in [0.5, 0.6) is 0 Å². The molecule has 2 aliphatic heterocycles. The fraction of sp³-hybridized carbons (Fsp3) is 0.650. The predicted molar refractivity (Wildman–Crippen MR) is 95.8 cm³/mol. The average molecular weight is 330 g/mol. The minimum absolute atomic E-state index is 0.179. The summed E-state index contributed by atoms with van der Waals surface area (Å²) in [6.07, 6.45) is 0.974. The molecule has 2 unspecified atom stereocenters. The van der Waals surface area contributed by atoms with Crippen LogP contribution in [0.4, 0.5) is 4.79 Å². The molecule has 0 aliphatic carbocycles. The number of hydrogen-bond donors (Lipinski definition) is 0. The number of carbonyl (C=O) groups excluding carboxylic acids is 1. The van der Waals surface area contributed by atoms with Crippen LogP contribution in [0.2, 0.25) is 0 Å². The Balaban J connectivity index is 1.75. The normalized spacial score (nSPS) is 26.5. The van der Waals surface area contributed by atoms with Crippen LogP contribution in [0.3, 0.4) is 0 Å². The van der Waals surface area contributed by atoms with E-state index in [-0.39, 0.29) is 11.6 Å². The number of fused-ring (bicyclic) bond motifs is 1. The van der Waals surface area contributed by atoms with Crippen molar-refractivity contribution in [1.29, 1.82) is 0 Å². The second-order valence-corrected chi connectivity index (χ2v) is 8.69. The Kier molecular flexibility index (Phi) is 4.37. The van der Waals surface area contributed by atoms with Crippen LogP contribution in [-0.4, -0.2) is 46.2 Å². The van der Waals surface area contributed by atoms with Gasteiger partial charge in [-0.2, -0.15) is 0 Å². The van der Waals surface area contributed by atoms with Crippen molar-refractivity contribution in [2.24, 2.45) is 5.92 Å². The van der Waals surface area contributed by atoms with Crippen LogP contribution < -0.4 is 0 Å². The van der Waals surface area contributed by atoms with E-state index in [9.17, 15) is 4.79 Å². The van der Waals surface area contributed by atoms with Crippen LogP contribution in [0.1, 0.15) is 46.6 Å². The minimum atomic E-state index is -0.450. The van der Waals surface area contributed by atoms with Gasteiger partial charge < -0.3 is 9.64 Å². The first-order chi connectivity index (χ1) is 11.2. The molecule has 1 aromatic carbocycles. The first-order valence-electron chi connectivity index (χ1n) is 8.97. The lowest BCUT2D eigenvalue weighted by Gasteiger charge is -2.40. The topological polar surface area (TPSA) is 32.8 Å². The highest BCUT2D eigenvalue weighted by Crippen LogP contribution is 2.43. The van der Waals surface area contributed by atoms with E-state index in [1.807, 2.05) is 25.7 Å². The standard InChI is InChI=1S/C20H30N2O2/c1-19(2,3)24-18(23)22-14-16-11-12-21(17(16)20(22,4)5)13-15-9-7-6-8-10-15/h6-10,16-17H,11-14H2,1-5H3. The van der Waals surface area contributed by atoms with Gasteiger partial charge in [0, 0.05) is 19.1 Å². The molecule has 0 N–H and O–H groups in total. The largest absolute Gasteiger partial charge is 0.444 e. The molecular formula is C20H30N2O2. The zero-order valence-corrected chi connectivity index (χ0v) is 15.6. The number of ether oxygens (including phenoxy) is 1. The molecule has 1 aromatic rings. The zero-order valence-electron chi connectivity index (χ0n) is 15.6. The number of nitrogens with zero attached hydrogens (tertiary/aromatic N) is 2. The van der Waals surface area contributed by atoms with Crippen molar-refractivity contribution in [1.82, 2.24) is 9.80 Å². The molecule has 24 heavy (non-hydrogen) atoms. The third kappa shape index (κ3) is 3.30. The summed E-state index contributed by atoms with van der Waals surface area (Å²) in [5.74, 6) is 0.538. The maximum Gasteiger partial charge on any atom is 0.410 e. The fourth-order valence-electron chi connectivity index (χ4n) is 4.39. The second-order valence-electron chi connectivity index (χ2n) is 8.69. The van der Waals surface area contributed by atoms with E-state index < -0.39 is 5.60 Å². The summed E-state index contributed by atoms with van der Waals surface area (Å²) >= 11 is 0. The van der Waals surface area contributed by atoms with Gasteiger partial charge in [-0.05, 0) is 59.1 Å². The van der Waals surface area contributed by atoms with Gasteiger partial charge in [-0.25, -0.2) is 4.79 Å². The molecule has 3 rings (SSSR count). The third-order valence-electron chi connectivity index (χ3n) is 5.31. The van der Waals surface area contributed by atoms with Gasteiger partial charge >= 0.3 is 6.09 Å². The van der Waals surface area contributed by atoms with Gasteiger partial charge in [-0.3, -0.25) is 4.90 Å². The van der Waals surface area contributed by atoms with E-state index >= 15 is 0 Å². The van der Waals surface area contributed by atoms with Gasteiger partial charge in [0.05, 0.1) is 5.54 Å². The first-order valence-corrected chi connectivity index (χ1v) is 8.97. The smallest absolute Gasteiger partial charge is 0.410 e. The SMILES string of the molecule is CC(C)(C)OC(=O)N1CC2CCN(Cc3ccccc3)C2C1(C)C. The van der Waals surface area contributed by atoms with Crippen molar-refractivity contribution in [2.75, 3.05) is 13.1 Å². The molecule has 0 spiro atoms. The summed E-state index contributed by atoms with van der Waals surface area (Å²) in [5.41, 5.74) is 0.678. The number of benzene rings is 1. The van der Waals surface area contributed by atoms with Crippen molar-refractivity contribution in [3.8, 4) is 0 Å². The molecule has 2 aliphatic rings. The lowest BCUT2D eigenvalue weighted by Crippen LogP contribution is -2.54. The third-order valence-corrected chi connectivity index (χ3v) is 5.31. The van der Waals surface area contributed by atoms with Gasteiger partial charge in [0.25, 0.3) is 0 Å². The van der Waals surface area contributed by atoms with Crippen molar-refractivity contribution < 1.29 is 9.53 Å². The molecule has 2 fully saturated rings. The minimum Gasteiger partial charge on any atom is -0.444 e. The highest BCUT2D eigenvalue weighted by Gasteiger charge is 2.55. The van der Waals surface area contributed by atoms with Crippen molar-refractivity contribution >= 4 is 6.09 Å². The van der Waals surface area contributed by atoms with Crippen LogP contribution in [-0.2, 0) is 11.3 Å². The Morgan fingerprint density at radius 2 is 1.92 bits per heavy atom. The number of likely N-dealkylation sites (tertiary alicyclic amines) is 2. The summed E-state index contributed by atoms with van der Waals surface area (Å²) in [6, 6.07) is 11.0. The highest BCUT2D eigenvalue weighted by molar-refractivity contribution is 5.70. The summed E-state index contributed by atoms with van der Waals surface area (Å²) in [4.78, 5) is 17.2. The Hall–Kier alpha value is -1.55. The van der Waals surface area contributed by atoms with Gasteiger partial charge in [0.1, 0.15) is 5.60 Å². The van der Waals surface area contributed by atoms with E-state index in [4.69, 9.17) is 4.74 Å². The molecule has 0 bridgehead atoms. The molecule has 0 aromatic heterocycles. The maximum atomic E-state index is 12.7. The molecule has 0 saturated carbocycles. The van der Waals surface area contributed by atoms with E-state index in [1.54, 1.807) is 0 Å². The highest BCUT2D eigenvalue weighted by atomic mass is 16.6. The average Bonchev–Trinajstić information content (AvgIpc) is 2.98. The zero-order chi connectivity index (χ0) is 17.5. The second kappa shape index (κ2) is 6.07. The monoisotopic (exact) mass is 330 g/mol. The fourth-order valence-corrected chi connectivity index (χ4v) is 4.39. The maximum absolute atomic E-state index is 12.7. The Bertz CT molecular complexity index is 591. The van der Waals surface area contributed by atoms with Gasteiger partial charge in [-0.15, -0.1) is 0 Å². The molecular weight excluding hydrogens is 300 g/mol. The van der Waals surface area contributed by atoms with Crippen LogP contribution in [0, 0.1) is 5.92 Å². The van der Waals surface area contributed by atoms with E-state index in [0.29, 0.717) is 12.0 Å². The van der Waals surface area contributed by atoms with Gasteiger partial charge in [0.15, 0.2) is 0 Å². The molecule has 4 heteroatoms. The van der Waals surface area contributed by atoms with Crippen molar-refractivity contribution in [3.05, 3.63) is 35.9 Å². The number of hydrogen-bond acceptors (Lipinski definition) is 3. The molecule has 4 nitrogen and oxygen atoms in total. The Morgan fingerprint density at radius 3 is 2.54 bits per heavy atom. The molecule has 1 amide bonds. The Morgan fingerprint density at radius 1 is 1.25 bits per heavy atom. The number of amides is 1. The van der Waals surface area contributed by atoms with E-state index in [0.717, 1.165) is 26.1 Å².